The minimum Gasteiger partial charge on any atom is -0.478 e. The lowest BCUT2D eigenvalue weighted by molar-refractivity contribution is -0.131. The Morgan fingerprint density at radius 1 is 1.25 bits per heavy atom. The number of carboxylic acids is 1. The summed E-state index contributed by atoms with van der Waals surface area (Å²) in [5, 5.41) is 8.41. The van der Waals surface area contributed by atoms with Crippen molar-refractivity contribution < 1.29 is 14.7 Å². The summed E-state index contributed by atoms with van der Waals surface area (Å²) >= 11 is 0. The van der Waals surface area contributed by atoms with Crippen LogP contribution in [0.15, 0.2) is 36.4 Å². The predicted molar refractivity (Wildman–Crippen MR) is 61.4 cm³/mol. The molecule has 0 saturated carbocycles. The highest BCUT2D eigenvalue weighted by Gasteiger charge is 2.09. The summed E-state index contributed by atoms with van der Waals surface area (Å²) in [5.74, 6) is -1.50. The Hall–Kier alpha value is -2.10. The Bertz CT molecular complexity index is 438. The Morgan fingerprint density at radius 2 is 1.88 bits per heavy atom. The fourth-order valence-electron chi connectivity index (χ4n) is 1.31. The van der Waals surface area contributed by atoms with Gasteiger partial charge in [0.1, 0.15) is 0 Å². The van der Waals surface area contributed by atoms with Gasteiger partial charge in [0.15, 0.2) is 0 Å². The molecule has 0 unspecified atom stereocenters. The molecule has 0 atom stereocenters. The van der Waals surface area contributed by atoms with Crippen LogP contribution in [0, 0.1) is 6.92 Å². The molecule has 0 aromatic heterocycles. The van der Waals surface area contributed by atoms with Gasteiger partial charge in [-0.25, -0.2) is 4.79 Å². The lowest BCUT2D eigenvalue weighted by Crippen LogP contribution is -2.24. The largest absolute Gasteiger partial charge is 0.478 e. The third-order valence-corrected chi connectivity index (χ3v) is 2.18. The lowest BCUT2D eigenvalue weighted by Gasteiger charge is -2.17. The molecule has 1 N–H and O–H groups in total. The lowest BCUT2D eigenvalue weighted by atomic mass is 10.2. The average molecular weight is 219 g/mol. The van der Waals surface area contributed by atoms with E-state index in [0.29, 0.717) is 0 Å². The van der Waals surface area contributed by atoms with Gasteiger partial charge < -0.3 is 10.0 Å². The molecular weight excluding hydrogens is 206 g/mol. The number of anilines is 1. The van der Waals surface area contributed by atoms with Crippen LogP contribution >= 0.6 is 0 Å². The van der Waals surface area contributed by atoms with Crippen molar-refractivity contribution in [3.8, 4) is 0 Å². The quantitative estimate of drug-likeness (QED) is 0.785. The zero-order chi connectivity index (χ0) is 12.1. The minimum atomic E-state index is -1.13. The van der Waals surface area contributed by atoms with Crippen LogP contribution in [0.2, 0.25) is 0 Å². The van der Waals surface area contributed by atoms with Crippen LogP contribution in [0.4, 0.5) is 5.69 Å². The molecule has 0 spiro atoms. The number of para-hydroxylation sites is 1. The molecule has 84 valence electrons. The molecule has 0 radical (unpaired) electrons. The van der Waals surface area contributed by atoms with E-state index in [2.05, 4.69) is 0 Å². The van der Waals surface area contributed by atoms with Crippen LogP contribution < -0.4 is 4.90 Å². The molecule has 16 heavy (non-hydrogen) atoms. The summed E-state index contributed by atoms with van der Waals surface area (Å²) in [6, 6.07) is 7.40. The Kier molecular flexibility index (Phi) is 3.83. The number of hydrogen-bond donors (Lipinski definition) is 1. The highest BCUT2D eigenvalue weighted by Crippen LogP contribution is 2.17. The van der Waals surface area contributed by atoms with Crippen LogP contribution in [0.5, 0.6) is 0 Å². The van der Waals surface area contributed by atoms with Crippen LogP contribution in [0.25, 0.3) is 0 Å². The number of carbonyl (C=O) groups is 2. The second-order valence-corrected chi connectivity index (χ2v) is 3.36. The summed E-state index contributed by atoms with van der Waals surface area (Å²) in [6.45, 7) is 1.89. The monoisotopic (exact) mass is 219 g/mol. The number of hydrogen-bond acceptors (Lipinski definition) is 2. The van der Waals surface area contributed by atoms with Gasteiger partial charge in [-0.1, -0.05) is 18.2 Å². The first-order valence-electron chi connectivity index (χ1n) is 4.76. The highest BCUT2D eigenvalue weighted by molar-refractivity contribution is 6.04. The van der Waals surface area contributed by atoms with Crippen molar-refractivity contribution in [1.82, 2.24) is 0 Å². The van der Waals surface area contributed by atoms with Crippen molar-refractivity contribution in [2.45, 2.75) is 6.92 Å². The summed E-state index contributed by atoms with van der Waals surface area (Å²) < 4.78 is 0. The van der Waals surface area contributed by atoms with Crippen LogP contribution in [-0.2, 0) is 9.59 Å². The number of nitrogens with zero attached hydrogens (tertiary/aromatic N) is 1. The molecule has 0 saturated heterocycles. The molecule has 4 nitrogen and oxygen atoms in total. The summed E-state index contributed by atoms with van der Waals surface area (Å²) in [7, 11) is 1.61. The molecule has 1 aromatic carbocycles. The first-order chi connectivity index (χ1) is 7.52. The summed E-state index contributed by atoms with van der Waals surface area (Å²) in [6.07, 6.45) is 1.87. The van der Waals surface area contributed by atoms with Crippen LogP contribution in [-0.4, -0.2) is 24.0 Å². The average Bonchev–Trinajstić information content (AvgIpc) is 2.25. The maximum atomic E-state index is 11.6. The van der Waals surface area contributed by atoms with E-state index in [9.17, 15) is 9.59 Å². The van der Waals surface area contributed by atoms with Crippen LogP contribution in [0.3, 0.4) is 0 Å². The number of aliphatic carboxylic acids is 1. The minimum absolute atomic E-state index is 0.364. The van der Waals surface area contributed by atoms with E-state index in [-0.39, 0.29) is 5.91 Å². The van der Waals surface area contributed by atoms with Crippen molar-refractivity contribution in [3.05, 3.63) is 42.0 Å². The fourth-order valence-corrected chi connectivity index (χ4v) is 1.31. The number of rotatable bonds is 3. The van der Waals surface area contributed by atoms with E-state index in [4.69, 9.17) is 5.11 Å². The van der Waals surface area contributed by atoms with Gasteiger partial charge in [0.2, 0.25) is 0 Å². The van der Waals surface area contributed by atoms with Crippen LogP contribution in [0.1, 0.15) is 5.56 Å². The van der Waals surface area contributed by atoms with Gasteiger partial charge >= 0.3 is 5.97 Å². The number of benzene rings is 1. The maximum absolute atomic E-state index is 11.6. The SMILES string of the molecule is Cc1ccccc1N(C)C(=O)C=CC(=O)O. The third kappa shape index (κ3) is 2.95. The smallest absolute Gasteiger partial charge is 0.328 e. The normalized spacial score (nSPS) is 10.4. The second kappa shape index (κ2) is 5.11. The molecule has 1 rings (SSSR count). The molecule has 0 aliphatic heterocycles. The molecule has 0 heterocycles. The van der Waals surface area contributed by atoms with E-state index in [1.807, 2.05) is 31.2 Å². The second-order valence-electron chi connectivity index (χ2n) is 3.36. The predicted octanol–water partition coefficient (Wildman–Crippen LogP) is 1.60. The molecule has 1 aromatic rings. The van der Waals surface area contributed by atoms with E-state index in [0.717, 1.165) is 23.4 Å². The summed E-state index contributed by atoms with van der Waals surface area (Å²) in [4.78, 5) is 23.3. The number of likely N-dealkylation sites (N-methyl/N-ethyl adjacent to an activating group) is 1. The van der Waals surface area contributed by atoms with Crippen molar-refractivity contribution in [3.63, 3.8) is 0 Å². The first kappa shape index (κ1) is 12.0. The fraction of sp³-hybridized carbons (Fsp3) is 0.167. The molecule has 0 aliphatic rings. The van der Waals surface area contributed by atoms with E-state index in [1.54, 1.807) is 7.05 Å². The molecule has 4 heteroatoms. The van der Waals surface area contributed by atoms with Crippen molar-refractivity contribution in [1.29, 1.82) is 0 Å². The van der Waals surface area contributed by atoms with Crippen molar-refractivity contribution >= 4 is 17.6 Å². The molecule has 0 aliphatic carbocycles. The van der Waals surface area contributed by atoms with Gasteiger partial charge in [-0.3, -0.25) is 4.79 Å². The topological polar surface area (TPSA) is 57.6 Å². The molecule has 0 fully saturated rings. The first-order valence-corrected chi connectivity index (χ1v) is 4.76. The van der Waals surface area contributed by atoms with Gasteiger partial charge in [-0.2, -0.15) is 0 Å². The molecule has 0 bridgehead atoms. The number of amides is 1. The van der Waals surface area contributed by atoms with Gasteiger partial charge in [0.05, 0.1) is 0 Å². The van der Waals surface area contributed by atoms with Gasteiger partial charge in [-0.05, 0) is 18.6 Å². The number of aryl methyl sites for hydroxylation is 1. The zero-order valence-corrected chi connectivity index (χ0v) is 9.18. The van der Waals surface area contributed by atoms with Gasteiger partial charge in [-0.15, -0.1) is 0 Å². The Balaban J connectivity index is 2.86. The third-order valence-electron chi connectivity index (χ3n) is 2.18. The van der Waals surface area contributed by atoms with E-state index < -0.39 is 5.97 Å². The molecule has 1 amide bonds. The van der Waals surface area contributed by atoms with Crippen molar-refractivity contribution in [2.75, 3.05) is 11.9 Å². The number of carbonyl (C=O) groups excluding carboxylic acids is 1. The van der Waals surface area contributed by atoms with Crippen molar-refractivity contribution in [2.24, 2.45) is 0 Å². The summed E-state index contributed by atoms with van der Waals surface area (Å²) in [5.41, 5.74) is 1.73. The Morgan fingerprint density at radius 3 is 2.44 bits per heavy atom. The Labute approximate surface area is 93.8 Å². The van der Waals surface area contributed by atoms with E-state index >= 15 is 0 Å². The van der Waals surface area contributed by atoms with Gasteiger partial charge in [0, 0.05) is 24.9 Å². The molecular formula is C12H13NO3. The number of carboxylic acid groups (broad SMARTS) is 1. The highest BCUT2D eigenvalue weighted by atomic mass is 16.4. The maximum Gasteiger partial charge on any atom is 0.328 e. The van der Waals surface area contributed by atoms with Gasteiger partial charge in [0.25, 0.3) is 5.91 Å². The standard InChI is InChI=1S/C12H13NO3/c1-9-5-3-4-6-10(9)13(2)11(14)7-8-12(15)16/h3-8H,1-2H3,(H,15,16). The van der Waals surface area contributed by atoms with E-state index in [1.165, 1.54) is 4.90 Å². The zero-order valence-electron chi connectivity index (χ0n) is 9.18.